The maximum Gasteiger partial charge on any atom is 0.235 e. The number of carbonyl (C=O) groups excluding carboxylic acids is 2. The normalized spacial score (nSPS) is 29.1. The summed E-state index contributed by atoms with van der Waals surface area (Å²) in [6.45, 7) is 0. The van der Waals surface area contributed by atoms with Gasteiger partial charge in [-0.25, -0.2) is 0 Å². The van der Waals surface area contributed by atoms with Gasteiger partial charge in [0.1, 0.15) is 0 Å². The second kappa shape index (κ2) is 7.61. The zero-order valence-electron chi connectivity index (χ0n) is 16.9. The molecule has 1 aromatic carbocycles. The van der Waals surface area contributed by atoms with E-state index in [1.165, 1.54) is 31.4 Å². The summed E-state index contributed by atoms with van der Waals surface area (Å²) in [7, 11) is 4.00. The van der Waals surface area contributed by atoms with Crippen LogP contribution in [0.3, 0.4) is 0 Å². The lowest BCUT2D eigenvalue weighted by molar-refractivity contribution is -0.134. The van der Waals surface area contributed by atoms with E-state index < -0.39 is 0 Å². The van der Waals surface area contributed by atoms with Gasteiger partial charge in [0.05, 0.1) is 17.1 Å². The fourth-order valence-corrected chi connectivity index (χ4v) is 5.48. The number of piperidine rings is 2. The van der Waals surface area contributed by atoms with Crippen molar-refractivity contribution in [1.29, 1.82) is 0 Å². The number of carbonyl (C=O) groups is 2. The van der Waals surface area contributed by atoms with E-state index in [4.69, 9.17) is 0 Å². The lowest BCUT2D eigenvalue weighted by atomic mass is 9.92. The second-order valence-electron chi connectivity index (χ2n) is 8.46. The van der Waals surface area contributed by atoms with Crippen molar-refractivity contribution >= 4 is 40.8 Å². The van der Waals surface area contributed by atoms with Crippen molar-refractivity contribution in [3.63, 3.8) is 0 Å². The van der Waals surface area contributed by atoms with Gasteiger partial charge in [-0.05, 0) is 57.4 Å². The summed E-state index contributed by atoms with van der Waals surface area (Å²) in [5.74, 6) is -0.772. The third kappa shape index (κ3) is 3.30. The Balaban J connectivity index is 0.00000205. The topological polar surface area (TPSA) is 79.3 Å². The van der Waals surface area contributed by atoms with Crippen LogP contribution >= 0.6 is 12.4 Å². The first kappa shape index (κ1) is 20.2. The van der Waals surface area contributed by atoms with E-state index in [0.717, 1.165) is 16.6 Å². The molecule has 0 spiro atoms. The third-order valence-corrected chi connectivity index (χ3v) is 6.87. The molecule has 29 heavy (non-hydrogen) atoms. The number of hydrogen-bond acceptors (Lipinski definition) is 5. The Labute approximate surface area is 176 Å². The Morgan fingerprint density at radius 1 is 1.14 bits per heavy atom. The molecule has 2 unspecified atom stereocenters. The zero-order chi connectivity index (χ0) is 19.4. The van der Waals surface area contributed by atoms with Gasteiger partial charge in [-0.1, -0.05) is 0 Å². The minimum absolute atomic E-state index is 0. The van der Waals surface area contributed by atoms with Gasteiger partial charge in [-0.3, -0.25) is 19.6 Å². The molecule has 2 aromatic rings. The Morgan fingerprint density at radius 2 is 1.86 bits per heavy atom. The molecule has 2 amide bonds. The van der Waals surface area contributed by atoms with Crippen molar-refractivity contribution in [2.45, 2.75) is 62.6 Å². The molecule has 3 aliphatic heterocycles. The fourth-order valence-electron chi connectivity index (χ4n) is 5.48. The first-order valence-electron chi connectivity index (χ1n) is 10.3. The van der Waals surface area contributed by atoms with E-state index in [9.17, 15) is 9.59 Å². The van der Waals surface area contributed by atoms with E-state index in [1.54, 1.807) is 0 Å². The molecule has 4 atom stereocenters. The van der Waals surface area contributed by atoms with E-state index in [2.05, 4.69) is 45.9 Å². The SMILES string of the molecule is CNC1C[C@H]2CC[C@@H](C1)N2c1ccc2c(C3CCC(=O)NC3=O)nn(C)c2c1.Cl. The predicted octanol–water partition coefficient (Wildman–Crippen LogP) is 2.23. The molecule has 8 heteroatoms. The number of anilines is 1. The van der Waals surface area contributed by atoms with E-state index in [-0.39, 0.29) is 30.1 Å². The van der Waals surface area contributed by atoms with Crippen LogP contribution in [0.5, 0.6) is 0 Å². The van der Waals surface area contributed by atoms with E-state index in [1.807, 2.05) is 11.7 Å². The number of nitrogens with one attached hydrogen (secondary N) is 2. The standard InChI is InChI=1S/C21H27N5O2.ClH/c1-22-12-9-13-3-4-14(10-12)26(13)15-5-6-16-18(11-15)25(2)24-20(16)17-7-8-19(27)23-21(17)28;/h5-6,11-14,17,22H,3-4,7-10H2,1-2H3,(H,23,27,28);1H/t12?,13-,14+,17?;. The van der Waals surface area contributed by atoms with Crippen LogP contribution in [-0.2, 0) is 16.6 Å². The smallest absolute Gasteiger partial charge is 0.235 e. The quantitative estimate of drug-likeness (QED) is 0.749. The van der Waals surface area contributed by atoms with Gasteiger partial charge in [0, 0.05) is 42.7 Å². The second-order valence-corrected chi connectivity index (χ2v) is 8.46. The molecule has 156 valence electrons. The number of halogens is 1. The number of hydrogen-bond donors (Lipinski definition) is 2. The highest BCUT2D eigenvalue weighted by Gasteiger charge is 2.40. The number of aryl methyl sites for hydroxylation is 1. The first-order valence-corrected chi connectivity index (χ1v) is 10.3. The van der Waals surface area contributed by atoms with Gasteiger partial charge in [0.15, 0.2) is 0 Å². The van der Waals surface area contributed by atoms with Crippen LogP contribution in [0, 0.1) is 0 Å². The number of amides is 2. The van der Waals surface area contributed by atoms with Gasteiger partial charge in [0.25, 0.3) is 0 Å². The molecule has 7 nitrogen and oxygen atoms in total. The molecule has 3 saturated heterocycles. The molecule has 0 radical (unpaired) electrons. The number of fused-ring (bicyclic) bond motifs is 3. The molecular formula is C21H28ClN5O2. The Bertz CT molecular complexity index is 944. The van der Waals surface area contributed by atoms with E-state index >= 15 is 0 Å². The summed E-state index contributed by atoms with van der Waals surface area (Å²) >= 11 is 0. The van der Waals surface area contributed by atoms with Crippen LogP contribution in [0.2, 0.25) is 0 Å². The molecule has 4 heterocycles. The number of rotatable bonds is 3. The summed E-state index contributed by atoms with van der Waals surface area (Å²) in [5.41, 5.74) is 3.09. The number of aromatic nitrogens is 2. The largest absolute Gasteiger partial charge is 0.365 e. The molecule has 3 aliphatic rings. The monoisotopic (exact) mass is 417 g/mol. The van der Waals surface area contributed by atoms with Crippen molar-refractivity contribution in [2.24, 2.45) is 7.05 Å². The fraction of sp³-hybridized carbons (Fsp3) is 0.571. The minimum atomic E-state index is -0.352. The number of benzene rings is 1. The average Bonchev–Trinajstić information content (AvgIpc) is 3.14. The molecular weight excluding hydrogens is 390 g/mol. The van der Waals surface area contributed by atoms with Crippen molar-refractivity contribution in [1.82, 2.24) is 20.4 Å². The summed E-state index contributed by atoms with van der Waals surface area (Å²) in [6, 6.07) is 8.33. The summed E-state index contributed by atoms with van der Waals surface area (Å²) in [4.78, 5) is 26.4. The van der Waals surface area contributed by atoms with Crippen molar-refractivity contribution in [3.8, 4) is 0 Å². The van der Waals surface area contributed by atoms with Crippen LogP contribution in [0.15, 0.2) is 18.2 Å². The van der Waals surface area contributed by atoms with Gasteiger partial charge in [-0.15, -0.1) is 12.4 Å². The zero-order valence-corrected chi connectivity index (χ0v) is 17.7. The van der Waals surface area contributed by atoms with Gasteiger partial charge >= 0.3 is 0 Å². The van der Waals surface area contributed by atoms with Crippen molar-refractivity contribution < 1.29 is 9.59 Å². The highest BCUT2D eigenvalue weighted by atomic mass is 35.5. The van der Waals surface area contributed by atoms with Crippen LogP contribution in [-0.4, -0.2) is 46.8 Å². The third-order valence-electron chi connectivity index (χ3n) is 6.87. The Hall–Kier alpha value is -2.12. The molecule has 2 bridgehead atoms. The summed E-state index contributed by atoms with van der Waals surface area (Å²) < 4.78 is 1.88. The van der Waals surface area contributed by atoms with Crippen molar-refractivity contribution in [3.05, 3.63) is 23.9 Å². The van der Waals surface area contributed by atoms with Crippen LogP contribution in [0.4, 0.5) is 5.69 Å². The minimum Gasteiger partial charge on any atom is -0.365 e. The van der Waals surface area contributed by atoms with Gasteiger partial charge in [-0.2, -0.15) is 5.10 Å². The molecule has 1 aromatic heterocycles. The number of nitrogens with zero attached hydrogens (tertiary/aromatic N) is 3. The van der Waals surface area contributed by atoms with Gasteiger partial charge in [0.2, 0.25) is 11.8 Å². The van der Waals surface area contributed by atoms with Gasteiger partial charge < -0.3 is 10.2 Å². The average molecular weight is 418 g/mol. The predicted molar refractivity (Wildman–Crippen MR) is 114 cm³/mol. The first-order chi connectivity index (χ1) is 13.5. The Morgan fingerprint density at radius 3 is 2.52 bits per heavy atom. The number of imide groups is 1. The molecule has 5 rings (SSSR count). The van der Waals surface area contributed by atoms with Crippen LogP contribution in [0.25, 0.3) is 10.9 Å². The Kier molecular flexibility index (Phi) is 5.29. The molecule has 0 aliphatic carbocycles. The summed E-state index contributed by atoms with van der Waals surface area (Å²) in [5, 5.41) is 11.6. The molecule has 3 fully saturated rings. The molecule has 2 N–H and O–H groups in total. The highest BCUT2D eigenvalue weighted by molar-refractivity contribution is 6.02. The molecule has 0 saturated carbocycles. The summed E-state index contributed by atoms with van der Waals surface area (Å²) in [6.07, 6.45) is 5.80. The maximum atomic E-state index is 12.3. The van der Waals surface area contributed by atoms with Crippen molar-refractivity contribution in [2.75, 3.05) is 11.9 Å². The maximum absolute atomic E-state index is 12.3. The van der Waals surface area contributed by atoms with Crippen LogP contribution < -0.4 is 15.5 Å². The highest BCUT2D eigenvalue weighted by Crippen LogP contribution is 2.41. The van der Waals surface area contributed by atoms with E-state index in [0.29, 0.717) is 31.0 Å². The van der Waals surface area contributed by atoms with Crippen LogP contribution in [0.1, 0.15) is 50.1 Å². The lowest BCUT2D eigenvalue weighted by Gasteiger charge is -2.40. The lowest BCUT2D eigenvalue weighted by Crippen LogP contribution is -2.48.